The van der Waals surface area contributed by atoms with Crippen molar-refractivity contribution in [1.29, 1.82) is 5.26 Å². The second-order valence-corrected chi connectivity index (χ2v) is 6.41. The molecule has 1 aliphatic carbocycles. The topological polar surface area (TPSA) is 49.6 Å². The van der Waals surface area contributed by atoms with Crippen molar-refractivity contribution in [3.05, 3.63) is 70.9 Å². The number of halogens is 1. The third-order valence-electron chi connectivity index (χ3n) is 5.06. The van der Waals surface area contributed by atoms with Gasteiger partial charge in [-0.05, 0) is 61.6 Å². The number of fused-ring (bicyclic) bond motifs is 2. The Balaban J connectivity index is 1.88. The average molecular weight is 317 g/mol. The summed E-state index contributed by atoms with van der Waals surface area (Å²) in [5.74, 6) is -0.273. The predicted octanol–water partition coefficient (Wildman–Crippen LogP) is 4.03. The highest BCUT2D eigenvalue weighted by atomic mass is 19.1. The minimum absolute atomic E-state index is 0.273. The second kappa shape index (κ2) is 5.38. The molecule has 1 aromatic carbocycles. The number of pyridine rings is 2. The highest BCUT2D eigenvalue weighted by Crippen LogP contribution is 2.39. The Kier molecular flexibility index (Phi) is 3.31. The summed E-state index contributed by atoms with van der Waals surface area (Å²) in [6.45, 7) is 2.03. The summed E-state index contributed by atoms with van der Waals surface area (Å²) >= 11 is 0. The first kappa shape index (κ1) is 14.8. The van der Waals surface area contributed by atoms with Crippen LogP contribution in [0.25, 0.3) is 10.9 Å². The minimum Gasteiger partial charge on any atom is -0.260 e. The Hall–Kier alpha value is -2.80. The van der Waals surface area contributed by atoms with Crippen molar-refractivity contribution in [1.82, 2.24) is 9.97 Å². The molecule has 118 valence electrons. The number of nitrogens with zero attached hydrogens (tertiary/aromatic N) is 3. The summed E-state index contributed by atoms with van der Waals surface area (Å²) in [6, 6.07) is 12.9. The molecule has 0 spiro atoms. The van der Waals surface area contributed by atoms with Crippen molar-refractivity contribution in [3.63, 3.8) is 0 Å². The van der Waals surface area contributed by atoms with Crippen molar-refractivity contribution in [2.75, 3.05) is 0 Å². The van der Waals surface area contributed by atoms with Gasteiger partial charge in [-0.15, -0.1) is 0 Å². The highest BCUT2D eigenvalue weighted by molar-refractivity contribution is 5.83. The van der Waals surface area contributed by atoms with E-state index in [0.29, 0.717) is 24.8 Å². The highest BCUT2D eigenvalue weighted by Gasteiger charge is 2.39. The third kappa shape index (κ3) is 2.16. The molecule has 1 unspecified atom stereocenters. The molecule has 4 rings (SSSR count). The number of rotatable bonds is 1. The molecule has 3 aromatic rings. The molecule has 0 aliphatic heterocycles. The molecule has 1 aliphatic rings. The lowest BCUT2D eigenvalue weighted by Gasteiger charge is -2.32. The van der Waals surface area contributed by atoms with Gasteiger partial charge in [0.2, 0.25) is 0 Å². The predicted molar refractivity (Wildman–Crippen MR) is 90.0 cm³/mol. The monoisotopic (exact) mass is 317 g/mol. The maximum absolute atomic E-state index is 13.5. The van der Waals surface area contributed by atoms with E-state index in [-0.39, 0.29) is 5.82 Å². The van der Waals surface area contributed by atoms with E-state index in [1.165, 1.54) is 12.1 Å². The molecule has 0 saturated heterocycles. The van der Waals surface area contributed by atoms with E-state index in [0.717, 1.165) is 27.9 Å². The Morgan fingerprint density at radius 2 is 2.12 bits per heavy atom. The largest absolute Gasteiger partial charge is 0.260 e. The second-order valence-electron chi connectivity index (χ2n) is 6.41. The maximum atomic E-state index is 13.5. The van der Waals surface area contributed by atoms with E-state index in [4.69, 9.17) is 0 Å². The van der Waals surface area contributed by atoms with Crippen LogP contribution >= 0.6 is 0 Å². The molecule has 1 atom stereocenters. The Morgan fingerprint density at radius 3 is 2.88 bits per heavy atom. The molecule has 0 saturated carbocycles. The summed E-state index contributed by atoms with van der Waals surface area (Å²) in [6.07, 6.45) is 3.72. The quantitative estimate of drug-likeness (QED) is 0.681. The van der Waals surface area contributed by atoms with Crippen molar-refractivity contribution in [2.45, 2.75) is 31.6 Å². The first-order valence-corrected chi connectivity index (χ1v) is 8.03. The molecule has 0 amide bonds. The zero-order valence-corrected chi connectivity index (χ0v) is 13.4. The van der Waals surface area contributed by atoms with Gasteiger partial charge in [0.15, 0.2) is 0 Å². The van der Waals surface area contributed by atoms with Crippen LogP contribution in [0, 0.1) is 24.1 Å². The zero-order chi connectivity index (χ0) is 16.7. The molecule has 0 radical (unpaired) electrons. The van der Waals surface area contributed by atoms with Crippen LogP contribution in [0.1, 0.15) is 28.9 Å². The fourth-order valence-corrected chi connectivity index (χ4v) is 3.69. The standard InChI is InChI=1S/C20H16FN3/c1-13-15-6-5-14(21)10-18(15)24-17-7-8-20(12-22,11-16(13)17)19-4-2-3-9-23-19/h2-6,9-10H,7-8,11H2,1H3. The van der Waals surface area contributed by atoms with Gasteiger partial charge in [0.1, 0.15) is 11.2 Å². The summed E-state index contributed by atoms with van der Waals surface area (Å²) < 4.78 is 13.5. The molecule has 3 nitrogen and oxygen atoms in total. The fourth-order valence-electron chi connectivity index (χ4n) is 3.69. The van der Waals surface area contributed by atoms with Gasteiger partial charge in [-0.1, -0.05) is 6.07 Å². The van der Waals surface area contributed by atoms with Crippen LogP contribution in [0.2, 0.25) is 0 Å². The molecule has 0 bridgehead atoms. The number of benzene rings is 1. The first-order valence-electron chi connectivity index (χ1n) is 8.03. The smallest absolute Gasteiger partial charge is 0.125 e. The van der Waals surface area contributed by atoms with Crippen molar-refractivity contribution < 1.29 is 4.39 Å². The molecule has 0 fully saturated rings. The van der Waals surface area contributed by atoms with E-state index in [2.05, 4.69) is 16.0 Å². The van der Waals surface area contributed by atoms with E-state index >= 15 is 0 Å². The lowest BCUT2D eigenvalue weighted by Crippen LogP contribution is -2.33. The normalized spacial score (nSPS) is 19.7. The summed E-state index contributed by atoms with van der Waals surface area (Å²) in [7, 11) is 0. The fraction of sp³-hybridized carbons (Fsp3) is 0.250. The Bertz CT molecular complexity index is 976. The summed E-state index contributed by atoms with van der Waals surface area (Å²) in [5.41, 5.74) is 4.06. The van der Waals surface area contributed by atoms with Gasteiger partial charge in [0.25, 0.3) is 0 Å². The van der Waals surface area contributed by atoms with Crippen molar-refractivity contribution >= 4 is 10.9 Å². The molecular formula is C20H16FN3. The molecule has 4 heteroatoms. The number of hydrogen-bond donors (Lipinski definition) is 0. The van der Waals surface area contributed by atoms with Gasteiger partial charge < -0.3 is 0 Å². The minimum atomic E-state index is -0.617. The first-order chi connectivity index (χ1) is 11.6. The molecule has 2 heterocycles. The Morgan fingerprint density at radius 1 is 1.25 bits per heavy atom. The van der Waals surface area contributed by atoms with Crippen molar-refractivity contribution in [3.8, 4) is 6.07 Å². The van der Waals surface area contributed by atoms with Crippen molar-refractivity contribution in [2.24, 2.45) is 0 Å². The van der Waals surface area contributed by atoms with E-state index in [1.54, 1.807) is 12.3 Å². The summed E-state index contributed by atoms with van der Waals surface area (Å²) in [4.78, 5) is 9.09. The van der Waals surface area contributed by atoms with Crippen LogP contribution in [0.4, 0.5) is 4.39 Å². The SMILES string of the molecule is Cc1c2c(nc3cc(F)ccc13)CCC(C#N)(c1ccccn1)C2. The van der Waals surface area contributed by atoms with Gasteiger partial charge in [0.05, 0.1) is 17.3 Å². The van der Waals surface area contributed by atoms with E-state index in [9.17, 15) is 9.65 Å². The number of hydrogen-bond acceptors (Lipinski definition) is 3. The van der Waals surface area contributed by atoms with Crippen LogP contribution in [0.5, 0.6) is 0 Å². The van der Waals surface area contributed by atoms with Crippen LogP contribution in [0.15, 0.2) is 42.6 Å². The zero-order valence-electron chi connectivity index (χ0n) is 13.4. The lowest BCUT2D eigenvalue weighted by molar-refractivity contribution is 0.454. The van der Waals surface area contributed by atoms with E-state index < -0.39 is 5.41 Å². The molecule has 0 N–H and O–H groups in total. The average Bonchev–Trinajstić information content (AvgIpc) is 2.62. The van der Waals surface area contributed by atoms with Crippen LogP contribution < -0.4 is 0 Å². The van der Waals surface area contributed by atoms with Gasteiger partial charge in [-0.3, -0.25) is 9.97 Å². The summed E-state index contributed by atoms with van der Waals surface area (Å²) in [5, 5.41) is 10.9. The third-order valence-corrected chi connectivity index (χ3v) is 5.06. The number of aromatic nitrogens is 2. The van der Waals surface area contributed by atoms with Gasteiger partial charge in [-0.25, -0.2) is 4.39 Å². The van der Waals surface area contributed by atoms with E-state index in [1.807, 2.05) is 25.1 Å². The van der Waals surface area contributed by atoms with Gasteiger partial charge >= 0.3 is 0 Å². The Labute approximate surface area is 139 Å². The van der Waals surface area contributed by atoms with Crippen LogP contribution in [-0.4, -0.2) is 9.97 Å². The lowest BCUT2D eigenvalue weighted by atomic mass is 9.70. The van der Waals surface area contributed by atoms with Gasteiger partial charge in [0, 0.05) is 23.3 Å². The molecule has 2 aromatic heterocycles. The van der Waals surface area contributed by atoms with Crippen LogP contribution in [0.3, 0.4) is 0 Å². The molecular weight excluding hydrogens is 301 g/mol. The number of aryl methyl sites for hydroxylation is 2. The maximum Gasteiger partial charge on any atom is 0.125 e. The molecule has 24 heavy (non-hydrogen) atoms. The van der Waals surface area contributed by atoms with Crippen LogP contribution in [-0.2, 0) is 18.3 Å². The van der Waals surface area contributed by atoms with Gasteiger partial charge in [-0.2, -0.15) is 5.26 Å². The number of nitriles is 1.